The van der Waals surface area contributed by atoms with Crippen molar-refractivity contribution in [2.45, 2.75) is 32.2 Å². The Morgan fingerprint density at radius 1 is 1.36 bits per heavy atom. The van der Waals surface area contributed by atoms with Gasteiger partial charge < -0.3 is 4.90 Å². The number of hydrogen-bond acceptors (Lipinski definition) is 3. The SMILES string of the molecule is CN(Cc1ccc(/C=C/C(=O)NO)cc1)CC12CC3CC=C1C(C3)C2. The molecule has 4 aliphatic carbocycles. The third-order valence-corrected chi connectivity index (χ3v) is 6.20. The van der Waals surface area contributed by atoms with E-state index < -0.39 is 5.91 Å². The standard InChI is InChI=1S/C21H26N2O2/c1-23(14-21-11-17-6-8-19(21)18(10-17)12-21)13-16-4-2-15(3-5-16)7-9-20(24)22-25/h2-5,7-9,17-18,25H,6,10-14H2,1H3,(H,22,24)/b9-7+. The second-order valence-corrected chi connectivity index (χ2v) is 8.11. The van der Waals surface area contributed by atoms with Crippen molar-refractivity contribution in [2.75, 3.05) is 13.6 Å². The predicted octanol–water partition coefficient (Wildman–Crippen LogP) is 3.38. The largest absolute Gasteiger partial charge is 0.301 e. The molecule has 0 saturated heterocycles. The van der Waals surface area contributed by atoms with E-state index in [1.807, 2.05) is 12.1 Å². The summed E-state index contributed by atoms with van der Waals surface area (Å²) < 4.78 is 0. The molecule has 132 valence electrons. The van der Waals surface area contributed by atoms with Crippen molar-refractivity contribution in [3.63, 3.8) is 0 Å². The molecule has 0 aromatic heterocycles. The van der Waals surface area contributed by atoms with E-state index in [0.29, 0.717) is 5.41 Å². The Hall–Kier alpha value is -1.91. The van der Waals surface area contributed by atoms with E-state index in [1.54, 1.807) is 17.1 Å². The molecule has 1 amide bonds. The third kappa shape index (κ3) is 3.16. The zero-order valence-electron chi connectivity index (χ0n) is 14.7. The van der Waals surface area contributed by atoms with Gasteiger partial charge in [-0.3, -0.25) is 10.0 Å². The fourth-order valence-electron chi connectivity index (χ4n) is 5.36. The molecular formula is C21H26N2O2. The number of benzene rings is 1. The highest BCUT2D eigenvalue weighted by Crippen LogP contribution is 2.65. The van der Waals surface area contributed by atoms with Crippen LogP contribution in [0.2, 0.25) is 0 Å². The number of rotatable bonds is 6. The number of hydroxylamine groups is 1. The smallest absolute Gasteiger partial charge is 0.267 e. The summed E-state index contributed by atoms with van der Waals surface area (Å²) in [7, 11) is 2.23. The van der Waals surface area contributed by atoms with Crippen LogP contribution in [-0.4, -0.2) is 29.6 Å². The van der Waals surface area contributed by atoms with Crippen molar-refractivity contribution in [1.29, 1.82) is 0 Å². The van der Waals surface area contributed by atoms with Crippen LogP contribution in [0.15, 0.2) is 42.0 Å². The molecular weight excluding hydrogens is 312 g/mol. The van der Waals surface area contributed by atoms with Crippen LogP contribution in [0.5, 0.6) is 0 Å². The highest BCUT2D eigenvalue weighted by atomic mass is 16.5. The topological polar surface area (TPSA) is 52.6 Å². The van der Waals surface area contributed by atoms with Crippen LogP contribution < -0.4 is 5.48 Å². The number of carbonyl (C=O) groups excluding carboxylic acids is 1. The van der Waals surface area contributed by atoms with Crippen LogP contribution in [0, 0.1) is 17.3 Å². The maximum Gasteiger partial charge on any atom is 0.267 e. The van der Waals surface area contributed by atoms with Crippen LogP contribution >= 0.6 is 0 Å². The average Bonchev–Trinajstić information content (AvgIpc) is 2.60. The summed E-state index contributed by atoms with van der Waals surface area (Å²) in [6, 6.07) is 8.24. The van der Waals surface area contributed by atoms with E-state index in [-0.39, 0.29) is 0 Å². The van der Waals surface area contributed by atoms with Gasteiger partial charge in [0.1, 0.15) is 0 Å². The van der Waals surface area contributed by atoms with E-state index in [1.165, 1.54) is 43.9 Å². The van der Waals surface area contributed by atoms with Crippen molar-refractivity contribution in [3.8, 4) is 0 Å². The first-order valence-electron chi connectivity index (χ1n) is 9.18. The van der Waals surface area contributed by atoms with Gasteiger partial charge in [0.05, 0.1) is 0 Å². The van der Waals surface area contributed by atoms with Crippen LogP contribution in [0.4, 0.5) is 0 Å². The van der Waals surface area contributed by atoms with Gasteiger partial charge in [-0.05, 0) is 61.8 Å². The molecule has 4 heteroatoms. The fourth-order valence-corrected chi connectivity index (χ4v) is 5.36. The van der Waals surface area contributed by atoms with Gasteiger partial charge in [0.15, 0.2) is 0 Å². The van der Waals surface area contributed by atoms with Crippen LogP contribution in [0.1, 0.15) is 36.8 Å². The molecule has 2 N–H and O–H groups in total. The summed E-state index contributed by atoms with van der Waals surface area (Å²) >= 11 is 0. The Labute approximate surface area is 149 Å². The summed E-state index contributed by atoms with van der Waals surface area (Å²) in [6.07, 6.45) is 11.1. The summed E-state index contributed by atoms with van der Waals surface area (Å²) in [5.41, 5.74) is 6.08. The van der Waals surface area contributed by atoms with Gasteiger partial charge in [0.25, 0.3) is 5.91 Å². The second kappa shape index (κ2) is 6.43. The molecule has 2 fully saturated rings. The van der Waals surface area contributed by atoms with E-state index in [0.717, 1.165) is 23.9 Å². The minimum Gasteiger partial charge on any atom is -0.301 e. The number of fused-ring (bicyclic) bond motifs is 1. The molecule has 1 aromatic rings. The minimum absolute atomic E-state index is 0.487. The molecule has 0 aliphatic heterocycles. The zero-order chi connectivity index (χ0) is 17.4. The molecule has 4 aliphatic rings. The van der Waals surface area contributed by atoms with E-state index >= 15 is 0 Å². The van der Waals surface area contributed by atoms with Gasteiger partial charge in [0, 0.05) is 24.6 Å². The fraction of sp³-hybridized carbons (Fsp3) is 0.476. The van der Waals surface area contributed by atoms with Crippen molar-refractivity contribution in [3.05, 3.63) is 53.1 Å². The third-order valence-electron chi connectivity index (χ3n) is 6.20. The lowest BCUT2D eigenvalue weighted by molar-refractivity contribution is -0.124. The Balaban J connectivity index is 1.35. The number of hydrogen-bond donors (Lipinski definition) is 2. The lowest BCUT2D eigenvalue weighted by atomic mass is 9.45. The van der Waals surface area contributed by atoms with Gasteiger partial charge in [-0.2, -0.15) is 0 Å². The quantitative estimate of drug-likeness (QED) is 0.362. The van der Waals surface area contributed by atoms with Crippen LogP contribution in [0.3, 0.4) is 0 Å². The number of amides is 1. The summed E-state index contributed by atoms with van der Waals surface area (Å²) in [5, 5.41) is 8.49. The van der Waals surface area contributed by atoms with Crippen LogP contribution in [0.25, 0.3) is 6.08 Å². The molecule has 4 bridgehead atoms. The van der Waals surface area contributed by atoms with E-state index in [9.17, 15) is 4.79 Å². The lowest BCUT2D eigenvalue weighted by Gasteiger charge is -2.61. The normalized spacial score (nSPS) is 29.6. The van der Waals surface area contributed by atoms with Crippen molar-refractivity contribution in [1.82, 2.24) is 10.4 Å². The van der Waals surface area contributed by atoms with Gasteiger partial charge in [-0.15, -0.1) is 0 Å². The molecule has 3 atom stereocenters. The lowest BCUT2D eigenvalue weighted by Crippen LogP contribution is -2.54. The van der Waals surface area contributed by atoms with Crippen molar-refractivity contribution in [2.24, 2.45) is 17.3 Å². The summed E-state index contributed by atoms with van der Waals surface area (Å²) in [6.45, 7) is 2.12. The summed E-state index contributed by atoms with van der Waals surface area (Å²) in [4.78, 5) is 13.5. The molecule has 3 unspecified atom stereocenters. The molecule has 1 aromatic carbocycles. The van der Waals surface area contributed by atoms with Crippen molar-refractivity contribution < 1.29 is 10.0 Å². The van der Waals surface area contributed by atoms with Gasteiger partial charge >= 0.3 is 0 Å². The monoisotopic (exact) mass is 338 g/mol. The molecule has 25 heavy (non-hydrogen) atoms. The Morgan fingerprint density at radius 2 is 2.16 bits per heavy atom. The Kier molecular flexibility index (Phi) is 4.26. The number of carbonyl (C=O) groups is 1. The first-order chi connectivity index (χ1) is 12.1. The van der Waals surface area contributed by atoms with Gasteiger partial charge in [-0.1, -0.05) is 35.9 Å². The molecule has 5 rings (SSSR count). The number of nitrogens with one attached hydrogen (secondary N) is 1. The van der Waals surface area contributed by atoms with Gasteiger partial charge in [-0.25, -0.2) is 5.48 Å². The van der Waals surface area contributed by atoms with Crippen LogP contribution in [-0.2, 0) is 11.3 Å². The molecule has 0 radical (unpaired) electrons. The minimum atomic E-state index is -0.516. The first kappa shape index (κ1) is 16.6. The van der Waals surface area contributed by atoms with Crippen molar-refractivity contribution >= 4 is 12.0 Å². The number of nitrogens with zero attached hydrogens (tertiary/aromatic N) is 1. The number of allylic oxidation sites excluding steroid dienone is 1. The maximum absolute atomic E-state index is 11.0. The molecule has 2 saturated carbocycles. The van der Waals surface area contributed by atoms with Gasteiger partial charge in [0.2, 0.25) is 0 Å². The summed E-state index contributed by atoms with van der Waals surface area (Å²) in [5.74, 6) is 1.33. The highest BCUT2D eigenvalue weighted by Gasteiger charge is 2.56. The second-order valence-electron chi connectivity index (χ2n) is 8.11. The molecule has 0 heterocycles. The average molecular weight is 338 g/mol. The molecule has 4 nitrogen and oxygen atoms in total. The predicted molar refractivity (Wildman–Crippen MR) is 97.7 cm³/mol. The van der Waals surface area contributed by atoms with E-state index in [2.05, 4.69) is 30.2 Å². The Bertz CT molecular complexity index is 722. The first-order valence-corrected chi connectivity index (χ1v) is 9.18. The molecule has 0 spiro atoms. The van der Waals surface area contributed by atoms with E-state index in [4.69, 9.17) is 5.21 Å². The maximum atomic E-state index is 11.0. The highest BCUT2D eigenvalue weighted by molar-refractivity contribution is 5.90. The zero-order valence-corrected chi connectivity index (χ0v) is 14.7. The Morgan fingerprint density at radius 3 is 2.80 bits per heavy atom.